The van der Waals surface area contributed by atoms with Crippen LogP contribution in [0, 0.1) is 0 Å². The summed E-state index contributed by atoms with van der Waals surface area (Å²) in [6, 6.07) is 8.26. The molecule has 0 bridgehead atoms. The number of hydrogen-bond donors (Lipinski definition) is 0. The summed E-state index contributed by atoms with van der Waals surface area (Å²) in [5, 5.41) is 0. The van der Waals surface area contributed by atoms with Crippen molar-refractivity contribution in [2.24, 2.45) is 0 Å². The average Bonchev–Trinajstić information content (AvgIpc) is 3.16. The number of amides is 2. The van der Waals surface area contributed by atoms with E-state index in [1.807, 2.05) is 37.3 Å². The van der Waals surface area contributed by atoms with Crippen molar-refractivity contribution in [3.63, 3.8) is 0 Å². The molecule has 7 heteroatoms. The van der Waals surface area contributed by atoms with Gasteiger partial charge >= 0.3 is 6.03 Å². The number of aromatic nitrogens is 2. The van der Waals surface area contributed by atoms with Crippen molar-refractivity contribution in [3.05, 3.63) is 36.3 Å². The third kappa shape index (κ3) is 2.94. The van der Waals surface area contributed by atoms with Crippen LogP contribution in [0.3, 0.4) is 0 Å². The zero-order valence-electron chi connectivity index (χ0n) is 17.2. The fourth-order valence-electron chi connectivity index (χ4n) is 4.56. The minimum absolute atomic E-state index is 0.0931. The van der Waals surface area contributed by atoms with E-state index < -0.39 is 0 Å². The predicted molar refractivity (Wildman–Crippen MR) is 108 cm³/mol. The van der Waals surface area contributed by atoms with Gasteiger partial charge in [0.1, 0.15) is 11.6 Å². The van der Waals surface area contributed by atoms with E-state index in [9.17, 15) is 4.79 Å². The Morgan fingerprint density at radius 1 is 1.11 bits per heavy atom. The summed E-state index contributed by atoms with van der Waals surface area (Å²) in [6.45, 7) is 3.42. The van der Waals surface area contributed by atoms with Gasteiger partial charge < -0.3 is 19.1 Å². The standard InChI is InChI=1S/C21H29N5O2/c1-23(2)20(27)25-11-9-21(10-12-25)19-22-15-18(26(19)14-13-24(21)3)16-5-7-17(28-4)8-6-16/h5-8,15H,9-14H2,1-4H3. The number of urea groups is 1. The summed E-state index contributed by atoms with van der Waals surface area (Å²) in [5.74, 6) is 1.99. The normalized spacial score (nSPS) is 18.8. The second-order valence-electron chi connectivity index (χ2n) is 7.96. The van der Waals surface area contributed by atoms with Crippen LogP contribution in [0.15, 0.2) is 30.5 Å². The van der Waals surface area contributed by atoms with Crippen LogP contribution in [0.25, 0.3) is 11.3 Å². The molecule has 0 radical (unpaired) electrons. The maximum absolute atomic E-state index is 12.3. The lowest BCUT2D eigenvalue weighted by Crippen LogP contribution is -2.57. The summed E-state index contributed by atoms with van der Waals surface area (Å²) in [6.07, 6.45) is 3.81. The lowest BCUT2D eigenvalue weighted by Gasteiger charge is -2.49. The Labute approximate surface area is 166 Å². The number of hydrogen-bond acceptors (Lipinski definition) is 4. The van der Waals surface area contributed by atoms with Gasteiger partial charge in [-0.2, -0.15) is 0 Å². The Kier molecular flexibility index (Phi) is 4.79. The first-order valence-corrected chi connectivity index (χ1v) is 9.84. The molecule has 1 fully saturated rings. The van der Waals surface area contributed by atoms with Gasteiger partial charge in [-0.3, -0.25) is 4.90 Å². The van der Waals surface area contributed by atoms with Crippen molar-refractivity contribution in [1.29, 1.82) is 0 Å². The summed E-state index contributed by atoms with van der Waals surface area (Å²) in [5.41, 5.74) is 2.20. The maximum Gasteiger partial charge on any atom is 0.319 e. The molecule has 2 amide bonds. The zero-order chi connectivity index (χ0) is 19.9. The average molecular weight is 383 g/mol. The first kappa shape index (κ1) is 18.8. The molecule has 0 atom stereocenters. The Hall–Kier alpha value is -2.54. The monoisotopic (exact) mass is 383 g/mol. The summed E-state index contributed by atoms with van der Waals surface area (Å²) >= 11 is 0. The zero-order valence-corrected chi connectivity index (χ0v) is 17.2. The van der Waals surface area contributed by atoms with Gasteiger partial charge in [0.15, 0.2) is 0 Å². The molecule has 0 unspecified atom stereocenters. The van der Waals surface area contributed by atoms with Gasteiger partial charge in [-0.25, -0.2) is 9.78 Å². The third-order valence-corrected chi connectivity index (χ3v) is 6.29. The number of nitrogens with zero attached hydrogens (tertiary/aromatic N) is 5. The Balaban J connectivity index is 1.64. The van der Waals surface area contributed by atoms with E-state index >= 15 is 0 Å². The van der Waals surface area contributed by atoms with Crippen molar-refractivity contribution in [2.75, 3.05) is 47.9 Å². The minimum Gasteiger partial charge on any atom is -0.497 e. The van der Waals surface area contributed by atoms with Crippen LogP contribution in [-0.4, -0.2) is 78.2 Å². The predicted octanol–water partition coefficient (Wildman–Crippen LogP) is 2.48. The number of fused-ring (bicyclic) bond motifs is 2. The van der Waals surface area contributed by atoms with Crippen LogP contribution in [0.2, 0.25) is 0 Å². The number of piperidine rings is 1. The molecule has 3 heterocycles. The lowest BCUT2D eigenvalue weighted by molar-refractivity contribution is 0.0158. The smallest absolute Gasteiger partial charge is 0.319 e. The largest absolute Gasteiger partial charge is 0.497 e. The van der Waals surface area contributed by atoms with Gasteiger partial charge in [0.05, 0.1) is 24.5 Å². The number of likely N-dealkylation sites (tertiary alicyclic amines) is 1. The molecule has 28 heavy (non-hydrogen) atoms. The molecule has 1 aromatic heterocycles. The molecule has 1 spiro atoms. The number of rotatable bonds is 2. The van der Waals surface area contributed by atoms with E-state index in [0.717, 1.165) is 61.9 Å². The van der Waals surface area contributed by atoms with Crippen LogP contribution < -0.4 is 4.74 Å². The number of benzene rings is 1. The van der Waals surface area contributed by atoms with Crippen molar-refractivity contribution in [1.82, 2.24) is 24.3 Å². The fraction of sp³-hybridized carbons (Fsp3) is 0.524. The van der Waals surface area contributed by atoms with Gasteiger partial charge in [-0.1, -0.05) is 0 Å². The van der Waals surface area contributed by atoms with Gasteiger partial charge in [0, 0.05) is 45.8 Å². The van der Waals surface area contributed by atoms with Crippen molar-refractivity contribution in [3.8, 4) is 17.0 Å². The molecule has 2 aliphatic rings. The summed E-state index contributed by atoms with van der Waals surface area (Å²) in [4.78, 5) is 23.3. The van der Waals surface area contributed by atoms with Gasteiger partial charge in [-0.15, -0.1) is 0 Å². The first-order valence-electron chi connectivity index (χ1n) is 9.84. The molecule has 2 aromatic rings. The number of likely N-dealkylation sites (N-methyl/N-ethyl adjacent to an activating group) is 1. The molecule has 0 saturated carbocycles. The molecular weight excluding hydrogens is 354 g/mol. The first-order chi connectivity index (χ1) is 13.5. The van der Waals surface area contributed by atoms with Crippen molar-refractivity contribution < 1.29 is 9.53 Å². The molecule has 7 nitrogen and oxygen atoms in total. The number of carbonyl (C=O) groups excluding carboxylic acids is 1. The van der Waals surface area contributed by atoms with Crippen LogP contribution >= 0.6 is 0 Å². The third-order valence-electron chi connectivity index (χ3n) is 6.29. The van der Waals surface area contributed by atoms with E-state index in [4.69, 9.17) is 9.72 Å². The molecule has 2 aliphatic heterocycles. The van der Waals surface area contributed by atoms with Crippen LogP contribution in [0.1, 0.15) is 18.7 Å². The Bertz CT molecular complexity index is 850. The topological polar surface area (TPSA) is 53.8 Å². The fourth-order valence-corrected chi connectivity index (χ4v) is 4.56. The molecule has 4 rings (SSSR count). The molecular formula is C21H29N5O2. The van der Waals surface area contributed by atoms with Crippen LogP contribution in [0.5, 0.6) is 5.75 Å². The highest BCUT2D eigenvalue weighted by Crippen LogP contribution is 2.41. The maximum atomic E-state index is 12.3. The van der Waals surface area contributed by atoms with Crippen LogP contribution in [0.4, 0.5) is 4.79 Å². The van der Waals surface area contributed by atoms with Crippen LogP contribution in [-0.2, 0) is 12.1 Å². The van der Waals surface area contributed by atoms with Crippen molar-refractivity contribution >= 4 is 6.03 Å². The minimum atomic E-state index is -0.105. The van der Waals surface area contributed by atoms with E-state index in [0.29, 0.717) is 0 Å². The Morgan fingerprint density at radius 3 is 2.39 bits per heavy atom. The molecule has 150 valence electrons. The Morgan fingerprint density at radius 2 is 1.79 bits per heavy atom. The van der Waals surface area contributed by atoms with Gasteiger partial charge in [0.25, 0.3) is 0 Å². The quantitative estimate of drug-likeness (QED) is 0.800. The molecule has 1 saturated heterocycles. The second kappa shape index (κ2) is 7.13. The second-order valence-corrected chi connectivity index (χ2v) is 7.96. The molecule has 0 N–H and O–H groups in total. The van der Waals surface area contributed by atoms with E-state index in [-0.39, 0.29) is 11.6 Å². The number of imidazole rings is 1. The lowest BCUT2D eigenvalue weighted by atomic mass is 9.83. The summed E-state index contributed by atoms with van der Waals surface area (Å²) < 4.78 is 7.65. The van der Waals surface area contributed by atoms with Crippen molar-refractivity contribution in [2.45, 2.75) is 24.9 Å². The number of carbonyl (C=O) groups is 1. The molecule has 1 aromatic carbocycles. The highest BCUT2D eigenvalue weighted by atomic mass is 16.5. The highest BCUT2D eigenvalue weighted by molar-refractivity contribution is 5.74. The summed E-state index contributed by atoms with van der Waals surface area (Å²) in [7, 11) is 7.50. The van der Waals surface area contributed by atoms with Gasteiger partial charge in [-0.05, 0) is 44.2 Å². The van der Waals surface area contributed by atoms with E-state index in [2.05, 4.69) is 28.6 Å². The van der Waals surface area contributed by atoms with Gasteiger partial charge in [0.2, 0.25) is 0 Å². The molecule has 0 aliphatic carbocycles. The van der Waals surface area contributed by atoms with E-state index in [1.165, 1.54) is 0 Å². The SMILES string of the molecule is COc1ccc(-c2cnc3n2CCN(C)C32CCN(C(=O)N(C)C)CC2)cc1. The number of methoxy groups -OCH3 is 1. The number of ether oxygens (including phenoxy) is 1. The highest BCUT2D eigenvalue weighted by Gasteiger charge is 2.46. The van der Waals surface area contributed by atoms with E-state index in [1.54, 1.807) is 12.0 Å².